The third-order valence-corrected chi connectivity index (χ3v) is 4.19. The highest BCUT2D eigenvalue weighted by Gasteiger charge is 2.21. The second-order valence-electron chi connectivity index (χ2n) is 6.29. The molecule has 0 aromatic rings. The van der Waals surface area contributed by atoms with Crippen LogP contribution in [0.5, 0.6) is 0 Å². The van der Waals surface area contributed by atoms with Crippen LogP contribution in [-0.2, 0) is 4.79 Å². The van der Waals surface area contributed by atoms with Gasteiger partial charge < -0.3 is 11.1 Å². The molecule has 118 valence electrons. The van der Waals surface area contributed by atoms with E-state index >= 15 is 0 Å². The summed E-state index contributed by atoms with van der Waals surface area (Å²) in [5.41, 5.74) is 5.63. The zero-order chi connectivity index (χ0) is 14.8. The largest absolute Gasteiger partial charge is 0.353 e. The fourth-order valence-corrected chi connectivity index (χ4v) is 3.06. The molecule has 0 spiro atoms. The number of hydrogen-bond acceptors (Lipinski definition) is 3. The zero-order valence-electron chi connectivity index (χ0n) is 13.4. The molecule has 1 heterocycles. The second-order valence-corrected chi connectivity index (χ2v) is 6.29. The summed E-state index contributed by atoms with van der Waals surface area (Å²) >= 11 is 0. The van der Waals surface area contributed by atoms with Gasteiger partial charge in [0.2, 0.25) is 5.91 Å². The van der Waals surface area contributed by atoms with E-state index in [0.717, 1.165) is 32.5 Å². The van der Waals surface area contributed by atoms with E-state index in [1.165, 1.54) is 32.1 Å². The number of nitrogens with zero attached hydrogens (tertiary/aromatic N) is 1. The van der Waals surface area contributed by atoms with E-state index in [4.69, 9.17) is 5.73 Å². The Hall–Kier alpha value is -0.610. The Kier molecular flexibility index (Phi) is 8.86. The first-order valence-electron chi connectivity index (χ1n) is 8.37. The molecule has 1 aliphatic heterocycles. The Morgan fingerprint density at radius 2 is 2.25 bits per heavy atom. The molecule has 1 amide bonds. The number of amides is 1. The molecule has 1 aliphatic rings. The first-order valence-corrected chi connectivity index (χ1v) is 8.37. The molecule has 2 atom stereocenters. The van der Waals surface area contributed by atoms with E-state index < -0.39 is 0 Å². The van der Waals surface area contributed by atoms with Crippen LogP contribution in [0, 0.1) is 5.92 Å². The highest BCUT2D eigenvalue weighted by molar-refractivity contribution is 5.78. The highest BCUT2D eigenvalue weighted by Crippen LogP contribution is 2.18. The minimum absolute atomic E-state index is 0.183. The molecule has 1 rings (SSSR count). The maximum Gasteiger partial charge on any atom is 0.234 e. The van der Waals surface area contributed by atoms with Crippen molar-refractivity contribution in [3.8, 4) is 0 Å². The molecule has 20 heavy (non-hydrogen) atoms. The van der Waals surface area contributed by atoms with Crippen molar-refractivity contribution in [1.82, 2.24) is 10.2 Å². The predicted molar refractivity (Wildman–Crippen MR) is 84.6 cm³/mol. The van der Waals surface area contributed by atoms with Crippen LogP contribution in [0.4, 0.5) is 0 Å². The molecule has 2 unspecified atom stereocenters. The van der Waals surface area contributed by atoms with Crippen LogP contribution in [0.15, 0.2) is 0 Å². The standard InChI is InChI=1S/C16H33N3O/c1-3-4-5-7-14(2)18-16(20)13-19-11-6-8-15(12-19)9-10-17/h14-15H,3-13,17H2,1-2H3,(H,18,20). The summed E-state index contributed by atoms with van der Waals surface area (Å²) in [6, 6.07) is 0.304. The zero-order valence-corrected chi connectivity index (χ0v) is 13.4. The van der Waals surface area contributed by atoms with Crippen molar-refractivity contribution in [3.05, 3.63) is 0 Å². The summed E-state index contributed by atoms with van der Waals surface area (Å²) in [7, 11) is 0. The van der Waals surface area contributed by atoms with Crippen molar-refractivity contribution in [2.45, 2.75) is 64.8 Å². The van der Waals surface area contributed by atoms with E-state index in [1.807, 2.05) is 0 Å². The summed E-state index contributed by atoms with van der Waals surface area (Å²) in [4.78, 5) is 14.3. The summed E-state index contributed by atoms with van der Waals surface area (Å²) in [6.45, 7) is 7.73. The maximum atomic E-state index is 12.0. The Labute approximate surface area is 124 Å². The van der Waals surface area contributed by atoms with E-state index in [-0.39, 0.29) is 5.91 Å². The average Bonchev–Trinajstić information content (AvgIpc) is 2.39. The van der Waals surface area contributed by atoms with Gasteiger partial charge in [-0.1, -0.05) is 26.2 Å². The van der Waals surface area contributed by atoms with Crippen molar-refractivity contribution in [3.63, 3.8) is 0 Å². The van der Waals surface area contributed by atoms with Crippen LogP contribution >= 0.6 is 0 Å². The number of rotatable bonds is 9. The second kappa shape index (κ2) is 10.2. The number of carbonyl (C=O) groups excluding carboxylic acids is 1. The third-order valence-electron chi connectivity index (χ3n) is 4.19. The summed E-state index contributed by atoms with van der Waals surface area (Å²) in [6.07, 6.45) is 8.35. The molecule has 3 N–H and O–H groups in total. The lowest BCUT2D eigenvalue weighted by atomic mass is 9.95. The molecule has 0 bridgehead atoms. The molecule has 4 nitrogen and oxygen atoms in total. The van der Waals surface area contributed by atoms with Crippen LogP contribution in [0.2, 0.25) is 0 Å². The Morgan fingerprint density at radius 1 is 1.45 bits per heavy atom. The Bertz CT molecular complexity index is 268. The number of nitrogens with two attached hydrogens (primary N) is 1. The van der Waals surface area contributed by atoms with Crippen LogP contribution in [-0.4, -0.2) is 43.0 Å². The van der Waals surface area contributed by atoms with Crippen molar-refractivity contribution in [2.24, 2.45) is 11.7 Å². The van der Waals surface area contributed by atoms with Gasteiger partial charge in [0.05, 0.1) is 6.54 Å². The van der Waals surface area contributed by atoms with Gasteiger partial charge in [-0.15, -0.1) is 0 Å². The molecule has 0 saturated carbocycles. The van der Waals surface area contributed by atoms with E-state index in [1.54, 1.807) is 0 Å². The minimum Gasteiger partial charge on any atom is -0.353 e. The lowest BCUT2D eigenvalue weighted by molar-refractivity contribution is -0.123. The molecule has 0 aromatic heterocycles. The quantitative estimate of drug-likeness (QED) is 0.637. The summed E-state index contributed by atoms with van der Waals surface area (Å²) in [5, 5.41) is 3.13. The van der Waals surface area contributed by atoms with Crippen molar-refractivity contribution in [1.29, 1.82) is 0 Å². The molecule has 0 aromatic carbocycles. The third kappa shape index (κ3) is 7.25. The van der Waals surface area contributed by atoms with Crippen LogP contribution in [0.25, 0.3) is 0 Å². The fraction of sp³-hybridized carbons (Fsp3) is 0.938. The SMILES string of the molecule is CCCCCC(C)NC(=O)CN1CCCC(CCN)C1. The predicted octanol–water partition coefficient (Wildman–Crippen LogP) is 2.13. The molecule has 1 fully saturated rings. The molecule has 0 aliphatic carbocycles. The number of nitrogens with one attached hydrogen (secondary N) is 1. The number of likely N-dealkylation sites (tertiary alicyclic amines) is 1. The van der Waals surface area contributed by atoms with Crippen molar-refractivity contribution in [2.75, 3.05) is 26.2 Å². The van der Waals surface area contributed by atoms with E-state index in [0.29, 0.717) is 18.5 Å². The van der Waals surface area contributed by atoms with Crippen molar-refractivity contribution < 1.29 is 4.79 Å². The lowest BCUT2D eigenvalue weighted by Crippen LogP contribution is -2.44. The monoisotopic (exact) mass is 283 g/mol. The number of carbonyl (C=O) groups is 1. The first kappa shape index (κ1) is 17.4. The molecular weight excluding hydrogens is 250 g/mol. The minimum atomic E-state index is 0.183. The topological polar surface area (TPSA) is 58.4 Å². The van der Waals surface area contributed by atoms with Crippen LogP contribution in [0.3, 0.4) is 0 Å². The normalized spacial score (nSPS) is 21.6. The summed E-state index contributed by atoms with van der Waals surface area (Å²) in [5.74, 6) is 0.867. The Morgan fingerprint density at radius 3 is 2.95 bits per heavy atom. The number of hydrogen-bond donors (Lipinski definition) is 2. The smallest absolute Gasteiger partial charge is 0.234 e. The van der Waals surface area contributed by atoms with Gasteiger partial charge in [0, 0.05) is 12.6 Å². The Balaban J connectivity index is 2.20. The number of piperidine rings is 1. The number of unbranched alkanes of at least 4 members (excludes halogenated alkanes) is 2. The molecular formula is C16H33N3O. The summed E-state index contributed by atoms with van der Waals surface area (Å²) < 4.78 is 0. The lowest BCUT2D eigenvalue weighted by Gasteiger charge is -2.32. The molecule has 4 heteroatoms. The van der Waals surface area contributed by atoms with Crippen LogP contribution in [0.1, 0.15) is 58.8 Å². The van der Waals surface area contributed by atoms with Gasteiger partial charge in [-0.25, -0.2) is 0 Å². The molecule has 1 saturated heterocycles. The fourth-order valence-electron chi connectivity index (χ4n) is 3.06. The van der Waals surface area contributed by atoms with E-state index in [2.05, 4.69) is 24.1 Å². The van der Waals surface area contributed by atoms with Crippen LogP contribution < -0.4 is 11.1 Å². The van der Waals surface area contributed by atoms with Gasteiger partial charge in [0.1, 0.15) is 0 Å². The molecule has 0 radical (unpaired) electrons. The highest BCUT2D eigenvalue weighted by atomic mass is 16.2. The average molecular weight is 283 g/mol. The van der Waals surface area contributed by atoms with Crippen molar-refractivity contribution >= 4 is 5.91 Å². The van der Waals surface area contributed by atoms with Gasteiger partial charge in [0.25, 0.3) is 0 Å². The van der Waals surface area contributed by atoms with Gasteiger partial charge in [0.15, 0.2) is 0 Å². The van der Waals surface area contributed by atoms with Gasteiger partial charge >= 0.3 is 0 Å². The van der Waals surface area contributed by atoms with Gasteiger partial charge in [-0.3, -0.25) is 9.69 Å². The van der Waals surface area contributed by atoms with E-state index in [9.17, 15) is 4.79 Å². The van der Waals surface area contributed by atoms with Gasteiger partial charge in [-0.05, 0) is 51.6 Å². The van der Waals surface area contributed by atoms with Gasteiger partial charge in [-0.2, -0.15) is 0 Å². The first-order chi connectivity index (χ1) is 9.65. The maximum absolute atomic E-state index is 12.0.